The van der Waals surface area contributed by atoms with Crippen molar-refractivity contribution in [1.29, 1.82) is 0 Å². The molecule has 1 aliphatic rings. The average Bonchev–Trinajstić information content (AvgIpc) is 2.81. The number of rotatable bonds is 5. The summed E-state index contributed by atoms with van der Waals surface area (Å²) in [6.07, 6.45) is 7.55. The normalized spacial score (nSPS) is 25.5. The molecule has 1 saturated carbocycles. The average molecular weight is 264 g/mol. The molecule has 0 aromatic carbocycles. The molecule has 1 aromatic heterocycles. The van der Waals surface area contributed by atoms with Gasteiger partial charge < -0.3 is 0 Å². The molecule has 0 aliphatic heterocycles. The fourth-order valence-electron chi connectivity index (χ4n) is 3.48. The third-order valence-electron chi connectivity index (χ3n) is 4.70. The maximum atomic E-state index is 5.85. The van der Waals surface area contributed by atoms with E-state index in [9.17, 15) is 0 Å². The van der Waals surface area contributed by atoms with Crippen molar-refractivity contribution in [3.63, 3.8) is 0 Å². The van der Waals surface area contributed by atoms with Gasteiger partial charge in [0.15, 0.2) is 0 Å². The van der Waals surface area contributed by atoms with E-state index >= 15 is 0 Å². The van der Waals surface area contributed by atoms with E-state index in [0.29, 0.717) is 5.92 Å². The van der Waals surface area contributed by atoms with Crippen molar-refractivity contribution < 1.29 is 0 Å². The summed E-state index contributed by atoms with van der Waals surface area (Å²) in [5.41, 5.74) is 5.44. The second-order valence-corrected chi connectivity index (χ2v) is 5.88. The van der Waals surface area contributed by atoms with Crippen LogP contribution in [-0.2, 0) is 13.5 Å². The molecule has 3 N–H and O–H groups in total. The van der Waals surface area contributed by atoms with Gasteiger partial charge in [0.25, 0.3) is 0 Å². The van der Waals surface area contributed by atoms with E-state index in [0.717, 1.165) is 18.0 Å². The first-order chi connectivity index (χ1) is 9.19. The van der Waals surface area contributed by atoms with Crippen LogP contribution in [0.15, 0.2) is 6.07 Å². The SMILES string of the molecule is CCc1cc(C(NN)C2CCCC(CC)C2)n(C)n1. The highest BCUT2D eigenvalue weighted by Gasteiger charge is 2.30. The largest absolute Gasteiger partial charge is 0.271 e. The van der Waals surface area contributed by atoms with Crippen LogP contribution in [-0.4, -0.2) is 9.78 Å². The van der Waals surface area contributed by atoms with Crippen molar-refractivity contribution in [2.24, 2.45) is 24.7 Å². The molecule has 4 heteroatoms. The molecule has 2 rings (SSSR count). The van der Waals surface area contributed by atoms with Crippen molar-refractivity contribution in [3.8, 4) is 0 Å². The predicted molar refractivity (Wildman–Crippen MR) is 78.4 cm³/mol. The highest BCUT2D eigenvalue weighted by atomic mass is 15.3. The Morgan fingerprint density at radius 2 is 2.26 bits per heavy atom. The van der Waals surface area contributed by atoms with Gasteiger partial charge in [-0.3, -0.25) is 16.0 Å². The molecule has 3 atom stereocenters. The summed E-state index contributed by atoms with van der Waals surface area (Å²) in [4.78, 5) is 0. The minimum absolute atomic E-state index is 0.243. The van der Waals surface area contributed by atoms with Gasteiger partial charge in [0, 0.05) is 7.05 Å². The van der Waals surface area contributed by atoms with Crippen molar-refractivity contribution in [2.45, 2.75) is 58.4 Å². The number of nitrogens with zero attached hydrogens (tertiary/aromatic N) is 2. The lowest BCUT2D eigenvalue weighted by Crippen LogP contribution is -2.37. The number of hydrazine groups is 1. The number of nitrogens with two attached hydrogens (primary N) is 1. The molecule has 108 valence electrons. The first kappa shape index (κ1) is 14.5. The highest BCUT2D eigenvalue weighted by Crippen LogP contribution is 2.38. The zero-order chi connectivity index (χ0) is 13.8. The van der Waals surface area contributed by atoms with Crippen LogP contribution in [0.5, 0.6) is 0 Å². The summed E-state index contributed by atoms with van der Waals surface area (Å²) in [5.74, 6) is 7.36. The molecule has 19 heavy (non-hydrogen) atoms. The Labute approximate surface area is 116 Å². The second kappa shape index (κ2) is 6.53. The van der Waals surface area contributed by atoms with Gasteiger partial charge in [0.1, 0.15) is 0 Å². The Hall–Kier alpha value is -0.870. The van der Waals surface area contributed by atoms with Gasteiger partial charge in [-0.2, -0.15) is 5.10 Å². The third-order valence-corrected chi connectivity index (χ3v) is 4.70. The van der Waals surface area contributed by atoms with Crippen LogP contribution in [0.2, 0.25) is 0 Å². The van der Waals surface area contributed by atoms with Crippen LogP contribution in [0.1, 0.15) is 63.4 Å². The van der Waals surface area contributed by atoms with E-state index in [2.05, 4.69) is 30.4 Å². The zero-order valence-corrected chi connectivity index (χ0v) is 12.5. The molecular formula is C15H28N4. The van der Waals surface area contributed by atoms with E-state index in [1.54, 1.807) is 0 Å². The molecule has 0 amide bonds. The van der Waals surface area contributed by atoms with Crippen molar-refractivity contribution >= 4 is 0 Å². The van der Waals surface area contributed by atoms with E-state index in [1.165, 1.54) is 37.8 Å². The van der Waals surface area contributed by atoms with E-state index < -0.39 is 0 Å². The smallest absolute Gasteiger partial charge is 0.0657 e. The molecule has 3 unspecified atom stereocenters. The molecule has 0 saturated heterocycles. The Balaban J connectivity index is 2.16. The third kappa shape index (κ3) is 3.18. The lowest BCUT2D eigenvalue weighted by atomic mass is 9.76. The quantitative estimate of drug-likeness (QED) is 0.635. The zero-order valence-electron chi connectivity index (χ0n) is 12.5. The summed E-state index contributed by atoms with van der Waals surface area (Å²) in [7, 11) is 2.03. The molecule has 1 aliphatic carbocycles. The van der Waals surface area contributed by atoms with Crippen LogP contribution in [0.3, 0.4) is 0 Å². The highest BCUT2D eigenvalue weighted by molar-refractivity contribution is 5.15. The number of hydrogen-bond donors (Lipinski definition) is 2. The van der Waals surface area contributed by atoms with Gasteiger partial charge in [0.05, 0.1) is 17.4 Å². The summed E-state index contributed by atoms with van der Waals surface area (Å²) < 4.78 is 2.00. The standard InChI is InChI=1S/C15H28N4/c1-4-11-7-6-8-12(9-11)15(17-16)14-10-13(5-2)18-19(14)3/h10-12,15,17H,4-9,16H2,1-3H3. The Morgan fingerprint density at radius 1 is 1.47 bits per heavy atom. The minimum atomic E-state index is 0.243. The summed E-state index contributed by atoms with van der Waals surface area (Å²) in [6.45, 7) is 4.45. The summed E-state index contributed by atoms with van der Waals surface area (Å²) in [6, 6.07) is 2.45. The van der Waals surface area contributed by atoms with Crippen LogP contribution >= 0.6 is 0 Å². The van der Waals surface area contributed by atoms with E-state index in [1.807, 2.05) is 11.7 Å². The van der Waals surface area contributed by atoms with Gasteiger partial charge >= 0.3 is 0 Å². The van der Waals surface area contributed by atoms with Gasteiger partial charge in [-0.1, -0.05) is 33.1 Å². The Kier molecular flexibility index (Phi) is 4.99. The molecule has 0 bridgehead atoms. The molecule has 1 fully saturated rings. The monoisotopic (exact) mass is 264 g/mol. The summed E-state index contributed by atoms with van der Waals surface area (Å²) >= 11 is 0. The number of hydrogen-bond acceptors (Lipinski definition) is 3. The molecule has 1 heterocycles. The predicted octanol–water partition coefficient (Wildman–Crippen LogP) is 2.70. The molecule has 0 spiro atoms. The van der Waals surface area contributed by atoms with E-state index in [4.69, 9.17) is 5.84 Å². The van der Waals surface area contributed by atoms with Crippen LogP contribution in [0.25, 0.3) is 0 Å². The van der Waals surface area contributed by atoms with Gasteiger partial charge in [-0.05, 0) is 37.2 Å². The van der Waals surface area contributed by atoms with Gasteiger partial charge in [-0.15, -0.1) is 0 Å². The topological polar surface area (TPSA) is 55.9 Å². The van der Waals surface area contributed by atoms with Gasteiger partial charge in [0.2, 0.25) is 0 Å². The van der Waals surface area contributed by atoms with Crippen LogP contribution in [0.4, 0.5) is 0 Å². The maximum Gasteiger partial charge on any atom is 0.0657 e. The van der Waals surface area contributed by atoms with E-state index in [-0.39, 0.29) is 6.04 Å². The lowest BCUT2D eigenvalue weighted by Gasteiger charge is -2.34. The first-order valence-corrected chi connectivity index (χ1v) is 7.68. The van der Waals surface area contributed by atoms with Crippen molar-refractivity contribution in [3.05, 3.63) is 17.5 Å². The lowest BCUT2D eigenvalue weighted by molar-refractivity contribution is 0.205. The Bertz CT molecular complexity index is 399. The fraction of sp³-hybridized carbons (Fsp3) is 0.800. The molecular weight excluding hydrogens is 236 g/mol. The minimum Gasteiger partial charge on any atom is -0.271 e. The Morgan fingerprint density at radius 3 is 2.84 bits per heavy atom. The number of aromatic nitrogens is 2. The first-order valence-electron chi connectivity index (χ1n) is 7.68. The number of aryl methyl sites for hydroxylation is 2. The molecule has 4 nitrogen and oxygen atoms in total. The molecule has 1 aromatic rings. The number of nitrogens with one attached hydrogen (secondary N) is 1. The summed E-state index contributed by atoms with van der Waals surface area (Å²) in [5, 5.41) is 4.55. The van der Waals surface area contributed by atoms with Crippen molar-refractivity contribution in [1.82, 2.24) is 15.2 Å². The fourth-order valence-corrected chi connectivity index (χ4v) is 3.48. The van der Waals surface area contributed by atoms with Crippen LogP contribution < -0.4 is 11.3 Å². The van der Waals surface area contributed by atoms with Crippen LogP contribution in [0, 0.1) is 11.8 Å². The van der Waals surface area contributed by atoms with Crippen molar-refractivity contribution in [2.75, 3.05) is 0 Å². The van der Waals surface area contributed by atoms with Gasteiger partial charge in [-0.25, -0.2) is 0 Å². The second-order valence-electron chi connectivity index (χ2n) is 5.88. The maximum absolute atomic E-state index is 5.85. The molecule has 0 radical (unpaired) electrons.